The molecule has 69 heavy (non-hydrogen) atoms. The number of unbranched alkanes of at least 4 members (excludes halogenated alkanes) is 18. The molecular formula is C58H62N4O4S3. The summed E-state index contributed by atoms with van der Waals surface area (Å²) in [5.74, 6) is -0.893. The first-order chi connectivity index (χ1) is 33.8. The fraction of sp³-hybridized carbons (Fsp3) is 0.414. The molecule has 0 spiro atoms. The van der Waals surface area contributed by atoms with Crippen molar-refractivity contribution in [3.05, 3.63) is 106 Å². The molecule has 0 bridgehead atoms. The summed E-state index contributed by atoms with van der Waals surface area (Å²) in [6, 6.07) is 27.3. The maximum absolute atomic E-state index is 13.6. The van der Waals surface area contributed by atoms with Gasteiger partial charge in [-0.3, -0.25) is 29.0 Å². The lowest BCUT2D eigenvalue weighted by Crippen LogP contribution is -2.30. The van der Waals surface area contributed by atoms with Gasteiger partial charge in [0, 0.05) is 43.4 Å². The maximum Gasteiger partial charge on any atom is 0.261 e. The van der Waals surface area contributed by atoms with Gasteiger partial charge in [-0.25, -0.2) is 0 Å². The summed E-state index contributed by atoms with van der Waals surface area (Å²) in [6.07, 6.45) is 23.7. The molecule has 11 heteroatoms. The number of carbonyl (C=O) groups is 4. The number of carbonyl (C=O) groups excluding carboxylic acids is 4. The number of amides is 4. The number of hydrogen-bond acceptors (Lipinski definition) is 9. The van der Waals surface area contributed by atoms with E-state index in [1.807, 2.05) is 48.5 Å². The van der Waals surface area contributed by atoms with Crippen LogP contribution in [0, 0.1) is 22.7 Å². The predicted molar refractivity (Wildman–Crippen MR) is 283 cm³/mol. The van der Waals surface area contributed by atoms with E-state index in [2.05, 4.69) is 38.1 Å². The first kappa shape index (κ1) is 49.7. The quantitative estimate of drug-likeness (QED) is 0.0394. The van der Waals surface area contributed by atoms with Gasteiger partial charge in [0.15, 0.2) is 0 Å². The SMILES string of the molecule is CCCCCCCCCCCCN1C(=O)c2ccc(-c3ccc(-c4sc(-c5ccc(-c6ccc7c(c6)C(=O)N(CCCCCCCCCCCC)C7=O)s5)c5cc(C#N)c(C#N)cc45)s3)cc2C1=O. The van der Waals surface area contributed by atoms with E-state index >= 15 is 0 Å². The highest BCUT2D eigenvalue weighted by Crippen LogP contribution is 2.50. The number of thiophene rings is 3. The normalized spacial score (nSPS) is 13.2. The molecule has 0 fully saturated rings. The highest BCUT2D eigenvalue weighted by molar-refractivity contribution is 7.29. The van der Waals surface area contributed by atoms with Gasteiger partial charge in [-0.15, -0.1) is 34.0 Å². The Bertz CT molecular complexity index is 2730. The second-order valence-corrected chi connectivity index (χ2v) is 21.9. The van der Waals surface area contributed by atoms with Gasteiger partial charge in [-0.1, -0.05) is 142 Å². The molecule has 0 radical (unpaired) electrons. The molecule has 0 unspecified atom stereocenters. The van der Waals surface area contributed by atoms with Gasteiger partial charge >= 0.3 is 0 Å². The van der Waals surface area contributed by atoms with E-state index in [1.54, 1.807) is 46.1 Å². The molecule has 5 heterocycles. The highest BCUT2D eigenvalue weighted by Gasteiger charge is 2.36. The summed E-state index contributed by atoms with van der Waals surface area (Å²) in [7, 11) is 0. The van der Waals surface area contributed by atoms with E-state index in [1.165, 1.54) is 99.7 Å². The lowest BCUT2D eigenvalue weighted by atomic mass is 10.0. The Morgan fingerprint density at radius 1 is 0.391 bits per heavy atom. The largest absolute Gasteiger partial charge is 0.274 e. The molecule has 6 aromatic rings. The Morgan fingerprint density at radius 2 is 0.725 bits per heavy atom. The van der Waals surface area contributed by atoms with Crippen LogP contribution in [0.5, 0.6) is 0 Å². The van der Waals surface area contributed by atoms with Crippen molar-refractivity contribution in [2.24, 2.45) is 0 Å². The van der Waals surface area contributed by atoms with Crippen LogP contribution in [0.2, 0.25) is 0 Å². The van der Waals surface area contributed by atoms with Gasteiger partial charge < -0.3 is 0 Å². The predicted octanol–water partition coefficient (Wildman–Crippen LogP) is 16.5. The Labute approximate surface area is 419 Å². The van der Waals surface area contributed by atoms with E-state index in [0.717, 1.165) is 89.7 Å². The molecule has 8 nitrogen and oxygen atoms in total. The van der Waals surface area contributed by atoms with Crippen LogP contribution in [0.3, 0.4) is 0 Å². The van der Waals surface area contributed by atoms with Gasteiger partial charge in [0.05, 0.1) is 43.1 Å². The third-order valence-corrected chi connectivity index (χ3v) is 17.6. The van der Waals surface area contributed by atoms with E-state index in [-0.39, 0.29) is 23.6 Å². The summed E-state index contributed by atoms with van der Waals surface area (Å²) in [5.41, 5.74) is 4.13. The summed E-state index contributed by atoms with van der Waals surface area (Å²) in [5, 5.41) is 21.9. The molecule has 356 valence electrons. The smallest absolute Gasteiger partial charge is 0.261 e. The second kappa shape index (κ2) is 23.7. The summed E-state index contributed by atoms with van der Waals surface area (Å²) >= 11 is 4.76. The van der Waals surface area contributed by atoms with Gasteiger partial charge in [0.25, 0.3) is 23.6 Å². The molecular weight excluding hydrogens is 913 g/mol. The van der Waals surface area contributed by atoms with Crippen molar-refractivity contribution in [1.29, 1.82) is 10.5 Å². The second-order valence-electron chi connectivity index (χ2n) is 18.7. The van der Waals surface area contributed by atoms with Crippen LogP contribution in [0.1, 0.15) is 195 Å². The van der Waals surface area contributed by atoms with Crippen molar-refractivity contribution < 1.29 is 19.2 Å². The number of nitriles is 2. The molecule has 4 amide bonds. The third kappa shape index (κ3) is 11.2. The van der Waals surface area contributed by atoms with E-state index in [4.69, 9.17) is 0 Å². The molecule has 3 aromatic carbocycles. The van der Waals surface area contributed by atoms with Crippen molar-refractivity contribution in [2.45, 2.75) is 142 Å². The summed E-state index contributed by atoms with van der Waals surface area (Å²) < 4.78 is 0. The number of rotatable bonds is 26. The maximum atomic E-state index is 13.6. The van der Waals surface area contributed by atoms with Gasteiger partial charge in [0.1, 0.15) is 12.1 Å². The Hall–Kier alpha value is -5.72. The van der Waals surface area contributed by atoms with Crippen LogP contribution in [0.4, 0.5) is 0 Å². The molecule has 8 rings (SSSR count). The fourth-order valence-electron chi connectivity index (χ4n) is 9.78. The Balaban J connectivity index is 0.955. The van der Waals surface area contributed by atoms with Crippen LogP contribution in [-0.2, 0) is 0 Å². The minimum absolute atomic E-state index is 0.218. The number of imide groups is 2. The molecule has 2 aliphatic heterocycles. The molecule has 0 saturated heterocycles. The monoisotopic (exact) mass is 974 g/mol. The van der Waals surface area contributed by atoms with Crippen LogP contribution >= 0.6 is 34.0 Å². The van der Waals surface area contributed by atoms with Crippen LogP contribution in [0.15, 0.2) is 72.8 Å². The fourth-order valence-corrected chi connectivity index (χ4v) is 13.3. The molecule has 0 N–H and O–H groups in total. The molecule has 0 aliphatic carbocycles. The lowest BCUT2D eigenvalue weighted by molar-refractivity contribution is 0.0636. The number of benzene rings is 3. The molecule has 2 aliphatic rings. The number of fused-ring (bicyclic) bond motifs is 3. The lowest BCUT2D eigenvalue weighted by Gasteiger charge is -2.13. The average molecular weight is 975 g/mol. The molecule has 0 atom stereocenters. The Morgan fingerprint density at radius 3 is 1.09 bits per heavy atom. The first-order valence-corrected chi connectivity index (χ1v) is 27.8. The number of nitrogens with zero attached hydrogens (tertiary/aromatic N) is 4. The van der Waals surface area contributed by atoms with Crippen LogP contribution in [-0.4, -0.2) is 46.5 Å². The van der Waals surface area contributed by atoms with Gasteiger partial charge in [0.2, 0.25) is 0 Å². The topological polar surface area (TPSA) is 122 Å². The van der Waals surface area contributed by atoms with E-state index in [9.17, 15) is 29.7 Å². The van der Waals surface area contributed by atoms with Crippen molar-refractivity contribution in [3.63, 3.8) is 0 Å². The van der Waals surface area contributed by atoms with Crippen LogP contribution < -0.4 is 0 Å². The first-order valence-electron chi connectivity index (χ1n) is 25.4. The van der Waals surface area contributed by atoms with Gasteiger partial charge in [-0.2, -0.15) is 10.5 Å². The minimum atomic E-state index is -0.229. The van der Waals surface area contributed by atoms with E-state index in [0.29, 0.717) is 46.5 Å². The summed E-state index contributed by atoms with van der Waals surface area (Å²) in [6.45, 7) is 5.34. The van der Waals surface area contributed by atoms with Crippen molar-refractivity contribution in [3.8, 4) is 52.5 Å². The number of hydrogen-bond donors (Lipinski definition) is 0. The van der Waals surface area contributed by atoms with Crippen molar-refractivity contribution in [1.82, 2.24) is 9.80 Å². The third-order valence-electron chi connectivity index (χ3n) is 13.7. The molecule has 3 aromatic heterocycles. The standard InChI is InChI=1S/C58H62N4O4S3/c1-3-5-7-9-11-13-15-17-19-21-31-61-55(63)43-25-23-39(33-47(43)57(61)65)49-27-29-51(67-49)53-45-35-41(37-59)42(38-60)36-46(45)54(69-53)52-30-28-50(68-52)40-24-26-44-48(34-40)58(66)62(56(44)64)32-22-20-18-16-14-12-10-8-6-4-2/h23-30,33-36H,3-22,31-32H2,1-2H3. The zero-order valence-electron chi connectivity index (χ0n) is 40.1. The van der Waals surface area contributed by atoms with Crippen LogP contribution in [0.25, 0.3) is 51.2 Å². The minimum Gasteiger partial charge on any atom is -0.274 e. The summed E-state index contributed by atoms with van der Waals surface area (Å²) in [4.78, 5) is 62.6. The highest BCUT2D eigenvalue weighted by atomic mass is 32.1. The van der Waals surface area contributed by atoms with E-state index < -0.39 is 0 Å². The zero-order valence-corrected chi connectivity index (χ0v) is 42.6. The van der Waals surface area contributed by atoms with Gasteiger partial charge in [-0.05, 0) is 84.6 Å². The van der Waals surface area contributed by atoms with Crippen molar-refractivity contribution in [2.75, 3.05) is 13.1 Å². The Kier molecular flexibility index (Phi) is 17.1. The zero-order chi connectivity index (χ0) is 48.3. The van der Waals surface area contributed by atoms with Crippen molar-refractivity contribution >= 4 is 68.4 Å². The molecule has 0 saturated carbocycles. The average Bonchev–Trinajstić information content (AvgIpc) is 4.21.